The van der Waals surface area contributed by atoms with Gasteiger partial charge in [0.1, 0.15) is 0 Å². The fourth-order valence-electron chi connectivity index (χ4n) is 3.46. The molecule has 0 radical (unpaired) electrons. The van der Waals surface area contributed by atoms with Gasteiger partial charge in [0.15, 0.2) is 9.84 Å². The topological polar surface area (TPSA) is 83.6 Å². The van der Waals surface area contributed by atoms with Gasteiger partial charge in [-0.3, -0.25) is 9.59 Å². The summed E-state index contributed by atoms with van der Waals surface area (Å²) >= 11 is 0. The smallest absolute Gasteiger partial charge is 0.230 e. The molecule has 4 rings (SSSR count). The molecule has 0 bridgehead atoms. The van der Waals surface area contributed by atoms with Crippen LogP contribution in [0.15, 0.2) is 53.4 Å². The van der Waals surface area contributed by atoms with Crippen molar-refractivity contribution in [3.8, 4) is 0 Å². The average molecular weight is 398 g/mol. The predicted octanol–water partition coefficient (Wildman–Crippen LogP) is 2.79. The van der Waals surface area contributed by atoms with Crippen molar-refractivity contribution in [3.05, 3.63) is 54.1 Å². The van der Waals surface area contributed by atoms with E-state index < -0.39 is 9.84 Å². The quantitative estimate of drug-likeness (QED) is 0.811. The summed E-state index contributed by atoms with van der Waals surface area (Å²) in [6, 6.07) is 13.6. The zero-order valence-electron chi connectivity index (χ0n) is 15.4. The van der Waals surface area contributed by atoms with Gasteiger partial charge in [0.05, 0.1) is 10.6 Å². The van der Waals surface area contributed by atoms with Crippen molar-refractivity contribution in [1.82, 2.24) is 0 Å². The number of nitrogens with zero attached hydrogens (tertiary/aromatic N) is 1. The molecule has 0 atom stereocenters. The lowest BCUT2D eigenvalue weighted by atomic mass is 10.1. The maximum Gasteiger partial charge on any atom is 0.230 e. The summed E-state index contributed by atoms with van der Waals surface area (Å²) in [7, 11) is -3.48. The Morgan fingerprint density at radius 1 is 1.07 bits per heavy atom. The van der Waals surface area contributed by atoms with Gasteiger partial charge in [0, 0.05) is 30.3 Å². The second-order valence-corrected chi connectivity index (χ2v) is 9.40. The maximum absolute atomic E-state index is 12.3. The van der Waals surface area contributed by atoms with Gasteiger partial charge in [0.25, 0.3) is 0 Å². The normalized spacial score (nSPS) is 15.9. The molecule has 1 N–H and O–H groups in total. The second kappa shape index (κ2) is 7.39. The van der Waals surface area contributed by atoms with Crippen LogP contribution in [0.5, 0.6) is 0 Å². The van der Waals surface area contributed by atoms with E-state index in [0.717, 1.165) is 30.5 Å². The second-order valence-electron chi connectivity index (χ2n) is 7.29. The maximum atomic E-state index is 12.3. The van der Waals surface area contributed by atoms with Crippen molar-refractivity contribution in [1.29, 1.82) is 0 Å². The summed E-state index contributed by atoms with van der Waals surface area (Å²) in [5.74, 6) is -0.209. The van der Waals surface area contributed by atoms with Gasteiger partial charge in [-0.2, -0.15) is 0 Å². The predicted molar refractivity (Wildman–Crippen MR) is 107 cm³/mol. The van der Waals surface area contributed by atoms with E-state index in [-0.39, 0.29) is 34.8 Å². The number of fused-ring (bicyclic) bond motifs is 1. The average Bonchev–Trinajstić information content (AvgIpc) is 3.46. The Morgan fingerprint density at radius 2 is 1.82 bits per heavy atom. The van der Waals surface area contributed by atoms with E-state index in [1.165, 1.54) is 12.1 Å². The summed E-state index contributed by atoms with van der Waals surface area (Å²) in [5.41, 5.74) is 2.58. The lowest BCUT2D eigenvalue weighted by Crippen LogP contribution is -2.30. The minimum Gasteiger partial charge on any atom is -0.326 e. The molecule has 28 heavy (non-hydrogen) atoms. The van der Waals surface area contributed by atoms with Crippen molar-refractivity contribution >= 4 is 33.0 Å². The van der Waals surface area contributed by atoms with Crippen molar-refractivity contribution in [2.45, 2.75) is 30.6 Å². The Morgan fingerprint density at radius 3 is 2.54 bits per heavy atom. The van der Waals surface area contributed by atoms with Crippen LogP contribution in [0.1, 0.15) is 24.8 Å². The van der Waals surface area contributed by atoms with Crippen LogP contribution in [0.3, 0.4) is 0 Å². The number of sulfone groups is 1. The monoisotopic (exact) mass is 398 g/mol. The van der Waals surface area contributed by atoms with E-state index in [4.69, 9.17) is 0 Å². The molecule has 1 saturated carbocycles. The molecular weight excluding hydrogens is 376 g/mol. The molecule has 7 heteroatoms. The van der Waals surface area contributed by atoms with Crippen LogP contribution in [-0.2, 0) is 25.8 Å². The van der Waals surface area contributed by atoms with E-state index in [2.05, 4.69) is 5.32 Å². The third-order valence-corrected chi connectivity index (χ3v) is 6.88. The molecule has 6 nitrogen and oxygen atoms in total. The van der Waals surface area contributed by atoms with Gasteiger partial charge in [0.2, 0.25) is 11.8 Å². The highest BCUT2D eigenvalue weighted by atomic mass is 32.2. The number of nitrogens with one attached hydrogen (secondary N) is 1. The van der Waals surface area contributed by atoms with Gasteiger partial charge in [-0.05, 0) is 55.2 Å². The number of carbonyl (C=O) groups is 2. The van der Waals surface area contributed by atoms with Crippen LogP contribution in [0.25, 0.3) is 0 Å². The summed E-state index contributed by atoms with van der Waals surface area (Å²) in [4.78, 5) is 26.6. The standard InChI is InChI=1S/C21H22N2O4S/c24-20(11-13-28(26,27)18-4-2-1-3-5-18)22-17-8-9-19-16(14-17)10-12-23(19)21(25)15-6-7-15/h1-5,8-9,14-15H,6-7,10-13H2,(H,22,24). The Bertz CT molecular complexity index is 1010. The van der Waals surface area contributed by atoms with Crippen molar-refractivity contribution in [2.24, 2.45) is 5.92 Å². The molecule has 2 amide bonds. The molecule has 1 fully saturated rings. The largest absolute Gasteiger partial charge is 0.326 e. The van der Waals surface area contributed by atoms with E-state index >= 15 is 0 Å². The number of carbonyl (C=O) groups excluding carboxylic acids is 2. The minimum absolute atomic E-state index is 0.111. The Balaban J connectivity index is 1.37. The minimum atomic E-state index is -3.48. The molecule has 1 aliphatic carbocycles. The van der Waals surface area contributed by atoms with Crippen molar-refractivity contribution in [2.75, 3.05) is 22.5 Å². The Labute approximate surface area is 164 Å². The number of hydrogen-bond donors (Lipinski definition) is 1. The number of amides is 2. The van der Waals surface area contributed by atoms with Gasteiger partial charge < -0.3 is 10.2 Å². The van der Waals surface area contributed by atoms with Crippen LogP contribution < -0.4 is 10.2 Å². The molecule has 0 unspecified atom stereocenters. The van der Waals surface area contributed by atoms with Crippen molar-refractivity contribution in [3.63, 3.8) is 0 Å². The van der Waals surface area contributed by atoms with Crippen LogP contribution >= 0.6 is 0 Å². The van der Waals surface area contributed by atoms with Crippen LogP contribution in [0, 0.1) is 5.92 Å². The Kier molecular flexibility index (Phi) is 4.93. The summed E-state index contributed by atoms with van der Waals surface area (Å²) < 4.78 is 24.6. The van der Waals surface area contributed by atoms with Crippen LogP contribution in [-0.4, -0.2) is 32.5 Å². The first-order valence-electron chi connectivity index (χ1n) is 9.46. The summed E-state index contributed by atoms with van der Waals surface area (Å²) in [6.45, 7) is 0.678. The third kappa shape index (κ3) is 3.94. The highest BCUT2D eigenvalue weighted by Crippen LogP contribution is 2.37. The zero-order valence-corrected chi connectivity index (χ0v) is 16.2. The fraction of sp³-hybridized carbons (Fsp3) is 0.333. The van der Waals surface area contributed by atoms with E-state index in [0.29, 0.717) is 12.2 Å². The fourth-order valence-corrected chi connectivity index (χ4v) is 4.72. The number of benzene rings is 2. The van der Waals surface area contributed by atoms with E-state index in [1.807, 2.05) is 17.0 Å². The first-order valence-corrected chi connectivity index (χ1v) is 11.1. The molecule has 2 aromatic rings. The first-order chi connectivity index (χ1) is 13.4. The van der Waals surface area contributed by atoms with E-state index in [1.54, 1.807) is 24.3 Å². The van der Waals surface area contributed by atoms with E-state index in [9.17, 15) is 18.0 Å². The molecular formula is C21H22N2O4S. The SMILES string of the molecule is O=C(CCS(=O)(=O)c1ccccc1)Nc1ccc2c(c1)CCN2C(=O)C1CC1. The number of hydrogen-bond acceptors (Lipinski definition) is 4. The highest BCUT2D eigenvalue weighted by Gasteiger charge is 2.36. The van der Waals surface area contributed by atoms with Crippen molar-refractivity contribution < 1.29 is 18.0 Å². The first kappa shape index (κ1) is 18.7. The van der Waals surface area contributed by atoms with Gasteiger partial charge in [-0.25, -0.2) is 8.42 Å². The van der Waals surface area contributed by atoms with Crippen LogP contribution in [0.2, 0.25) is 0 Å². The number of rotatable bonds is 6. The van der Waals surface area contributed by atoms with Gasteiger partial charge in [-0.1, -0.05) is 18.2 Å². The number of anilines is 2. The summed E-state index contributed by atoms with van der Waals surface area (Å²) in [5, 5.41) is 2.77. The molecule has 0 saturated heterocycles. The molecule has 2 aliphatic rings. The Hall–Kier alpha value is -2.67. The highest BCUT2D eigenvalue weighted by molar-refractivity contribution is 7.91. The molecule has 2 aromatic carbocycles. The molecule has 146 valence electrons. The summed E-state index contributed by atoms with van der Waals surface area (Å²) in [6.07, 6.45) is 2.61. The lowest BCUT2D eigenvalue weighted by Gasteiger charge is -2.17. The molecule has 0 aromatic heterocycles. The lowest BCUT2D eigenvalue weighted by molar-refractivity contribution is -0.119. The molecule has 1 aliphatic heterocycles. The van der Waals surface area contributed by atoms with Crippen LogP contribution in [0.4, 0.5) is 11.4 Å². The zero-order chi connectivity index (χ0) is 19.7. The van der Waals surface area contributed by atoms with Gasteiger partial charge in [-0.15, -0.1) is 0 Å². The third-order valence-electron chi connectivity index (χ3n) is 5.15. The van der Waals surface area contributed by atoms with Gasteiger partial charge >= 0.3 is 0 Å². The molecule has 0 spiro atoms. The molecule has 1 heterocycles.